The number of thiazole rings is 1. The molecule has 0 aliphatic rings. The zero-order valence-corrected chi connectivity index (χ0v) is 13.7. The Balaban J connectivity index is 2.28. The van der Waals surface area contributed by atoms with Gasteiger partial charge in [0.2, 0.25) is 4.80 Å². The molecular weight excluding hydrogens is 336 g/mol. The average Bonchev–Trinajstić information content (AvgIpc) is 2.90. The van der Waals surface area contributed by atoms with Crippen molar-refractivity contribution in [2.45, 2.75) is 6.92 Å². The molecule has 0 aliphatic carbocycles. The molecule has 1 aromatic carbocycles. The Kier molecular flexibility index (Phi) is 5.42. The number of nitrogens with zero attached hydrogens (tertiary/aromatic N) is 4. The van der Waals surface area contributed by atoms with E-state index in [4.69, 9.17) is 4.74 Å². The molecule has 0 atom stereocenters. The van der Waals surface area contributed by atoms with E-state index >= 15 is 0 Å². The topological polar surface area (TPSA) is 119 Å². The SMILES string of the molecule is CCOC(=O)c1csc(=NN=Cc2cc([N+](=O)[O-])ccc2O)n1C. The molecule has 2 aromatic rings. The lowest BCUT2D eigenvalue weighted by atomic mass is 10.2. The number of carbonyl (C=O) groups is 1. The van der Waals surface area contributed by atoms with Crippen LogP contribution in [0.2, 0.25) is 0 Å². The molecule has 24 heavy (non-hydrogen) atoms. The molecule has 0 spiro atoms. The van der Waals surface area contributed by atoms with Gasteiger partial charge in [-0.3, -0.25) is 10.1 Å². The third-order valence-corrected chi connectivity index (χ3v) is 3.88. The van der Waals surface area contributed by atoms with Gasteiger partial charge in [0, 0.05) is 30.1 Å². The number of aromatic nitrogens is 1. The lowest BCUT2D eigenvalue weighted by molar-refractivity contribution is -0.384. The van der Waals surface area contributed by atoms with E-state index < -0.39 is 10.9 Å². The highest BCUT2D eigenvalue weighted by Gasteiger charge is 2.12. The normalized spacial score (nSPS) is 11.8. The lowest BCUT2D eigenvalue weighted by Gasteiger charge is -2.01. The van der Waals surface area contributed by atoms with Gasteiger partial charge >= 0.3 is 5.97 Å². The number of nitro benzene ring substituents is 1. The smallest absolute Gasteiger partial charge is 0.355 e. The van der Waals surface area contributed by atoms with Gasteiger partial charge in [-0.05, 0) is 13.0 Å². The average molecular weight is 350 g/mol. The molecule has 0 radical (unpaired) electrons. The molecule has 10 heteroatoms. The minimum Gasteiger partial charge on any atom is -0.507 e. The van der Waals surface area contributed by atoms with Crippen LogP contribution in [0.4, 0.5) is 5.69 Å². The van der Waals surface area contributed by atoms with Gasteiger partial charge < -0.3 is 14.4 Å². The molecule has 0 amide bonds. The van der Waals surface area contributed by atoms with E-state index in [-0.39, 0.29) is 23.6 Å². The maximum atomic E-state index is 11.7. The van der Waals surface area contributed by atoms with E-state index in [2.05, 4.69) is 10.2 Å². The van der Waals surface area contributed by atoms with Gasteiger partial charge in [0.05, 0.1) is 17.7 Å². The van der Waals surface area contributed by atoms with Gasteiger partial charge in [-0.15, -0.1) is 16.4 Å². The van der Waals surface area contributed by atoms with E-state index in [1.165, 1.54) is 40.3 Å². The maximum absolute atomic E-state index is 11.7. The first-order valence-electron chi connectivity index (χ1n) is 6.80. The van der Waals surface area contributed by atoms with Crippen molar-refractivity contribution in [2.24, 2.45) is 17.3 Å². The van der Waals surface area contributed by atoms with Crippen molar-refractivity contribution in [3.63, 3.8) is 0 Å². The summed E-state index contributed by atoms with van der Waals surface area (Å²) in [7, 11) is 1.64. The number of hydrogen-bond donors (Lipinski definition) is 1. The molecule has 126 valence electrons. The molecule has 1 aromatic heterocycles. The highest BCUT2D eigenvalue weighted by Crippen LogP contribution is 2.21. The molecule has 0 saturated heterocycles. The molecule has 0 unspecified atom stereocenters. The third kappa shape index (κ3) is 3.84. The summed E-state index contributed by atoms with van der Waals surface area (Å²) in [6.07, 6.45) is 1.20. The van der Waals surface area contributed by atoms with Crippen LogP contribution >= 0.6 is 11.3 Å². The van der Waals surface area contributed by atoms with Crippen LogP contribution in [0, 0.1) is 10.1 Å². The first-order valence-corrected chi connectivity index (χ1v) is 7.68. The monoisotopic (exact) mass is 350 g/mol. The highest BCUT2D eigenvalue weighted by molar-refractivity contribution is 7.07. The molecule has 0 saturated carbocycles. The Hall–Kier alpha value is -3.01. The second-order valence-corrected chi connectivity index (χ2v) is 5.36. The molecule has 0 aliphatic heterocycles. The fraction of sp³-hybridized carbons (Fsp3) is 0.214. The van der Waals surface area contributed by atoms with E-state index in [1.54, 1.807) is 19.4 Å². The van der Waals surface area contributed by atoms with Crippen molar-refractivity contribution in [2.75, 3.05) is 6.61 Å². The molecule has 9 nitrogen and oxygen atoms in total. The van der Waals surface area contributed by atoms with Crippen molar-refractivity contribution in [1.82, 2.24) is 4.57 Å². The predicted molar refractivity (Wildman–Crippen MR) is 87.2 cm³/mol. The Morgan fingerprint density at radius 1 is 1.54 bits per heavy atom. The summed E-state index contributed by atoms with van der Waals surface area (Å²) in [5.74, 6) is -0.611. The number of rotatable bonds is 5. The zero-order valence-electron chi connectivity index (χ0n) is 12.9. The van der Waals surface area contributed by atoms with Crippen molar-refractivity contribution < 1.29 is 19.6 Å². The first kappa shape index (κ1) is 17.3. The summed E-state index contributed by atoms with van der Waals surface area (Å²) < 4.78 is 6.44. The van der Waals surface area contributed by atoms with E-state index in [0.29, 0.717) is 10.5 Å². The van der Waals surface area contributed by atoms with Crippen LogP contribution in [-0.4, -0.2) is 33.4 Å². The maximum Gasteiger partial charge on any atom is 0.355 e. The fourth-order valence-corrected chi connectivity index (χ4v) is 2.57. The summed E-state index contributed by atoms with van der Waals surface area (Å²) in [6.45, 7) is 1.98. The number of phenolic OH excluding ortho intramolecular Hbond substituents is 1. The van der Waals surface area contributed by atoms with Crippen molar-refractivity contribution >= 4 is 29.2 Å². The summed E-state index contributed by atoms with van der Waals surface area (Å²) in [6, 6.07) is 3.59. The second kappa shape index (κ2) is 7.51. The summed E-state index contributed by atoms with van der Waals surface area (Å²) >= 11 is 1.19. The molecule has 1 heterocycles. The summed E-state index contributed by atoms with van der Waals surface area (Å²) in [5.41, 5.74) is 0.340. The van der Waals surface area contributed by atoms with E-state index in [1.807, 2.05) is 0 Å². The first-order chi connectivity index (χ1) is 11.4. The Morgan fingerprint density at radius 3 is 2.96 bits per heavy atom. The number of ether oxygens (including phenoxy) is 1. The van der Waals surface area contributed by atoms with Crippen LogP contribution in [0.5, 0.6) is 5.75 Å². The van der Waals surface area contributed by atoms with E-state index in [9.17, 15) is 20.0 Å². The zero-order chi connectivity index (χ0) is 17.7. The Labute approximate surface area is 140 Å². The van der Waals surface area contributed by atoms with Gasteiger partial charge in [0.15, 0.2) is 0 Å². The number of phenols is 1. The Bertz CT molecular complexity index is 868. The fourth-order valence-electron chi connectivity index (χ4n) is 1.75. The van der Waals surface area contributed by atoms with Crippen LogP contribution in [-0.2, 0) is 11.8 Å². The lowest BCUT2D eigenvalue weighted by Crippen LogP contribution is -2.17. The summed E-state index contributed by atoms with van der Waals surface area (Å²) in [5, 5.41) is 29.8. The molecule has 0 fully saturated rings. The van der Waals surface area contributed by atoms with Crippen LogP contribution in [0.1, 0.15) is 23.0 Å². The predicted octanol–water partition coefficient (Wildman–Crippen LogP) is 1.81. The summed E-state index contributed by atoms with van der Waals surface area (Å²) in [4.78, 5) is 22.3. The van der Waals surface area contributed by atoms with Crippen molar-refractivity contribution in [3.05, 3.63) is 49.8 Å². The largest absolute Gasteiger partial charge is 0.507 e. The quantitative estimate of drug-likeness (QED) is 0.382. The molecular formula is C14H14N4O5S. The number of hydrogen-bond acceptors (Lipinski definition) is 8. The molecule has 2 rings (SSSR count). The minimum absolute atomic E-state index is 0.151. The van der Waals surface area contributed by atoms with Gasteiger partial charge in [-0.2, -0.15) is 5.10 Å². The van der Waals surface area contributed by atoms with Crippen molar-refractivity contribution in [1.29, 1.82) is 0 Å². The van der Waals surface area contributed by atoms with Gasteiger partial charge in [0.25, 0.3) is 5.69 Å². The van der Waals surface area contributed by atoms with Crippen molar-refractivity contribution in [3.8, 4) is 5.75 Å². The van der Waals surface area contributed by atoms with Crippen LogP contribution in [0.15, 0.2) is 33.8 Å². The van der Waals surface area contributed by atoms with Crippen LogP contribution in [0.25, 0.3) is 0 Å². The number of nitro groups is 1. The number of benzene rings is 1. The van der Waals surface area contributed by atoms with Gasteiger partial charge in [0.1, 0.15) is 11.4 Å². The van der Waals surface area contributed by atoms with Gasteiger partial charge in [-0.1, -0.05) is 0 Å². The number of esters is 1. The highest BCUT2D eigenvalue weighted by atomic mass is 32.1. The minimum atomic E-state index is -0.571. The molecule has 1 N–H and O–H groups in total. The second-order valence-electron chi connectivity index (χ2n) is 4.53. The third-order valence-electron chi connectivity index (χ3n) is 2.97. The van der Waals surface area contributed by atoms with Crippen LogP contribution < -0.4 is 4.80 Å². The number of non-ortho nitro benzene ring substituents is 1. The standard InChI is InChI=1S/C14H14N4O5S/c1-3-23-13(20)11-8-24-14(17(11)2)16-15-7-9-6-10(18(21)22)4-5-12(9)19/h4-8,19H,3H2,1-2H3. The number of carbonyl (C=O) groups excluding carboxylic acids is 1. The number of aromatic hydroxyl groups is 1. The molecule has 0 bridgehead atoms. The van der Waals surface area contributed by atoms with Gasteiger partial charge in [-0.25, -0.2) is 4.79 Å². The Morgan fingerprint density at radius 2 is 2.29 bits per heavy atom. The van der Waals surface area contributed by atoms with E-state index in [0.717, 1.165) is 0 Å². The van der Waals surface area contributed by atoms with Crippen LogP contribution in [0.3, 0.4) is 0 Å².